The van der Waals surface area contributed by atoms with Crippen molar-refractivity contribution in [2.75, 3.05) is 30.4 Å². The summed E-state index contributed by atoms with van der Waals surface area (Å²) < 4.78 is 5.18. The minimum absolute atomic E-state index is 0.569. The van der Waals surface area contributed by atoms with E-state index in [0.717, 1.165) is 36.2 Å². The van der Waals surface area contributed by atoms with Crippen LogP contribution in [-0.2, 0) is 0 Å². The fourth-order valence-corrected chi connectivity index (χ4v) is 3.00. The van der Waals surface area contributed by atoms with Gasteiger partial charge in [-0.05, 0) is 44.4 Å². The molecular formula is C17H21ClN4O. The smallest absolute Gasteiger partial charge is 0.227 e. The van der Waals surface area contributed by atoms with Crippen LogP contribution in [0.2, 0.25) is 5.02 Å². The Hall–Kier alpha value is -2.01. The molecule has 0 spiro atoms. The zero-order chi connectivity index (χ0) is 16.2. The minimum atomic E-state index is 0.569. The molecule has 1 saturated heterocycles. The van der Waals surface area contributed by atoms with Crippen LogP contribution < -0.4 is 15.0 Å². The Kier molecular flexibility index (Phi) is 4.86. The van der Waals surface area contributed by atoms with Crippen molar-refractivity contribution in [1.29, 1.82) is 0 Å². The van der Waals surface area contributed by atoms with Gasteiger partial charge in [-0.2, -0.15) is 4.98 Å². The van der Waals surface area contributed by atoms with Gasteiger partial charge in [0.2, 0.25) is 5.95 Å². The minimum Gasteiger partial charge on any atom is -0.495 e. The summed E-state index contributed by atoms with van der Waals surface area (Å²) in [6.45, 7) is 4.04. The van der Waals surface area contributed by atoms with Crippen molar-refractivity contribution < 1.29 is 4.74 Å². The second-order valence-corrected chi connectivity index (χ2v) is 6.12. The highest BCUT2D eigenvalue weighted by Crippen LogP contribution is 2.29. The second-order valence-electron chi connectivity index (χ2n) is 5.72. The van der Waals surface area contributed by atoms with Gasteiger partial charge in [-0.15, -0.1) is 0 Å². The molecule has 2 heterocycles. The lowest BCUT2D eigenvalue weighted by atomic mass is 10.1. The Balaban J connectivity index is 1.82. The number of methoxy groups -OCH3 is 1. The SMILES string of the molecule is COc1ccc(Nc2cc(C)nc(N3CCCCC3)n2)cc1Cl. The zero-order valence-corrected chi connectivity index (χ0v) is 14.2. The van der Waals surface area contributed by atoms with Gasteiger partial charge in [0.05, 0.1) is 12.1 Å². The third kappa shape index (κ3) is 3.85. The number of halogens is 1. The Morgan fingerprint density at radius 3 is 2.61 bits per heavy atom. The van der Waals surface area contributed by atoms with Crippen molar-refractivity contribution in [1.82, 2.24) is 9.97 Å². The first-order valence-electron chi connectivity index (χ1n) is 7.87. The third-order valence-corrected chi connectivity index (χ3v) is 4.20. The molecule has 1 fully saturated rings. The van der Waals surface area contributed by atoms with E-state index in [9.17, 15) is 0 Å². The number of nitrogens with zero attached hydrogens (tertiary/aromatic N) is 3. The van der Waals surface area contributed by atoms with Crippen LogP contribution in [0.15, 0.2) is 24.3 Å². The predicted octanol–water partition coefficient (Wildman–Crippen LogP) is 4.18. The summed E-state index contributed by atoms with van der Waals surface area (Å²) >= 11 is 6.17. The number of rotatable bonds is 4. The first-order chi connectivity index (χ1) is 11.2. The lowest BCUT2D eigenvalue weighted by molar-refractivity contribution is 0.415. The summed E-state index contributed by atoms with van der Waals surface area (Å²) in [5.41, 5.74) is 1.82. The number of aryl methyl sites for hydroxylation is 1. The van der Waals surface area contributed by atoms with Crippen molar-refractivity contribution in [3.8, 4) is 5.75 Å². The average Bonchev–Trinajstić information content (AvgIpc) is 2.55. The van der Waals surface area contributed by atoms with Crippen LogP contribution in [0.3, 0.4) is 0 Å². The van der Waals surface area contributed by atoms with Crippen molar-refractivity contribution in [2.24, 2.45) is 0 Å². The fraction of sp³-hybridized carbons (Fsp3) is 0.412. The molecule has 0 radical (unpaired) electrons. The third-order valence-electron chi connectivity index (χ3n) is 3.91. The van der Waals surface area contributed by atoms with E-state index in [1.807, 2.05) is 31.2 Å². The number of nitrogens with one attached hydrogen (secondary N) is 1. The Morgan fingerprint density at radius 1 is 1.13 bits per heavy atom. The lowest BCUT2D eigenvalue weighted by Crippen LogP contribution is -2.31. The molecule has 1 aromatic carbocycles. The highest BCUT2D eigenvalue weighted by Gasteiger charge is 2.14. The number of anilines is 3. The van der Waals surface area contributed by atoms with Crippen molar-refractivity contribution in [3.63, 3.8) is 0 Å². The van der Waals surface area contributed by atoms with E-state index in [1.54, 1.807) is 7.11 Å². The summed E-state index contributed by atoms with van der Waals surface area (Å²) in [6, 6.07) is 7.52. The number of piperidine rings is 1. The molecule has 0 unspecified atom stereocenters. The van der Waals surface area contributed by atoms with Crippen LogP contribution in [0.4, 0.5) is 17.5 Å². The van der Waals surface area contributed by atoms with Crippen LogP contribution >= 0.6 is 11.6 Å². The molecular weight excluding hydrogens is 312 g/mol. The number of hydrogen-bond donors (Lipinski definition) is 1. The molecule has 0 saturated carbocycles. The van der Waals surface area contributed by atoms with Gasteiger partial charge in [0, 0.05) is 30.5 Å². The molecule has 0 aliphatic carbocycles. The van der Waals surface area contributed by atoms with Crippen molar-refractivity contribution in [3.05, 3.63) is 35.0 Å². The predicted molar refractivity (Wildman–Crippen MR) is 94.1 cm³/mol. The largest absolute Gasteiger partial charge is 0.495 e. The highest BCUT2D eigenvalue weighted by atomic mass is 35.5. The molecule has 6 heteroatoms. The molecule has 2 aromatic rings. The summed E-state index contributed by atoms with van der Waals surface area (Å²) in [7, 11) is 1.60. The second kappa shape index (κ2) is 7.04. The highest BCUT2D eigenvalue weighted by molar-refractivity contribution is 6.32. The zero-order valence-electron chi connectivity index (χ0n) is 13.5. The molecule has 0 bridgehead atoms. The molecule has 1 aliphatic heterocycles. The van der Waals surface area contributed by atoms with Crippen LogP contribution in [0.25, 0.3) is 0 Å². The topological polar surface area (TPSA) is 50.3 Å². The summed E-state index contributed by atoms with van der Waals surface area (Å²) in [6.07, 6.45) is 3.69. The van der Waals surface area contributed by atoms with Gasteiger partial charge < -0.3 is 15.0 Å². The van der Waals surface area contributed by atoms with Crippen LogP contribution in [0.5, 0.6) is 5.75 Å². The van der Waals surface area contributed by atoms with Gasteiger partial charge in [0.15, 0.2) is 0 Å². The molecule has 3 rings (SSSR count). The molecule has 5 nitrogen and oxygen atoms in total. The average molecular weight is 333 g/mol. The number of benzene rings is 1. The normalized spacial score (nSPS) is 14.7. The Labute approximate surface area is 141 Å². The maximum absolute atomic E-state index is 6.17. The molecule has 122 valence electrons. The van der Waals surface area contributed by atoms with Gasteiger partial charge in [-0.25, -0.2) is 4.98 Å². The fourth-order valence-electron chi connectivity index (χ4n) is 2.74. The molecule has 0 atom stereocenters. The number of ether oxygens (including phenoxy) is 1. The van der Waals surface area contributed by atoms with Gasteiger partial charge >= 0.3 is 0 Å². The summed E-state index contributed by atoms with van der Waals surface area (Å²) in [5.74, 6) is 2.23. The van der Waals surface area contributed by atoms with Crippen LogP contribution in [-0.4, -0.2) is 30.2 Å². The molecule has 1 aromatic heterocycles. The van der Waals surface area contributed by atoms with Gasteiger partial charge in [0.1, 0.15) is 11.6 Å². The van der Waals surface area contributed by atoms with Crippen LogP contribution in [0.1, 0.15) is 25.0 Å². The van der Waals surface area contributed by atoms with E-state index < -0.39 is 0 Å². The Bertz CT molecular complexity index is 686. The maximum atomic E-state index is 6.17. The van der Waals surface area contributed by atoms with E-state index in [2.05, 4.69) is 20.2 Å². The molecule has 23 heavy (non-hydrogen) atoms. The first-order valence-corrected chi connectivity index (χ1v) is 8.25. The van der Waals surface area contributed by atoms with Crippen LogP contribution in [0, 0.1) is 6.92 Å². The van der Waals surface area contributed by atoms with Gasteiger partial charge in [-0.3, -0.25) is 0 Å². The van der Waals surface area contributed by atoms with E-state index in [-0.39, 0.29) is 0 Å². The standard InChI is InChI=1S/C17H21ClN4O/c1-12-10-16(20-13-6-7-15(23-2)14(18)11-13)21-17(19-12)22-8-4-3-5-9-22/h6-7,10-11H,3-5,8-9H2,1-2H3,(H,19,20,21). The monoisotopic (exact) mass is 332 g/mol. The number of hydrogen-bond acceptors (Lipinski definition) is 5. The van der Waals surface area contributed by atoms with E-state index in [0.29, 0.717) is 10.8 Å². The molecule has 1 N–H and O–H groups in total. The maximum Gasteiger partial charge on any atom is 0.227 e. The van der Waals surface area contributed by atoms with E-state index >= 15 is 0 Å². The molecule has 1 aliphatic rings. The first kappa shape index (κ1) is 15.9. The van der Waals surface area contributed by atoms with Gasteiger partial charge in [0.25, 0.3) is 0 Å². The summed E-state index contributed by atoms with van der Waals surface area (Å²) in [5, 5.41) is 3.87. The molecule has 0 amide bonds. The Morgan fingerprint density at radius 2 is 1.91 bits per heavy atom. The van der Waals surface area contributed by atoms with Crippen molar-refractivity contribution >= 4 is 29.1 Å². The quantitative estimate of drug-likeness (QED) is 0.910. The lowest BCUT2D eigenvalue weighted by Gasteiger charge is -2.27. The van der Waals surface area contributed by atoms with Crippen molar-refractivity contribution in [2.45, 2.75) is 26.2 Å². The van der Waals surface area contributed by atoms with Gasteiger partial charge in [-0.1, -0.05) is 11.6 Å². The summed E-state index contributed by atoms with van der Waals surface area (Å²) in [4.78, 5) is 11.5. The van der Waals surface area contributed by atoms with E-state index in [1.165, 1.54) is 19.3 Å². The number of aromatic nitrogens is 2. The van der Waals surface area contributed by atoms with E-state index in [4.69, 9.17) is 16.3 Å².